The summed E-state index contributed by atoms with van der Waals surface area (Å²) in [6.45, 7) is 0.560. The lowest BCUT2D eigenvalue weighted by molar-refractivity contribution is 0.287. The van der Waals surface area contributed by atoms with Crippen molar-refractivity contribution in [1.29, 1.82) is 5.26 Å². The Hall–Kier alpha value is -3.40. The first-order valence-electron chi connectivity index (χ1n) is 6.99. The molecule has 0 atom stereocenters. The van der Waals surface area contributed by atoms with Crippen LogP contribution in [0.4, 0.5) is 0 Å². The molecule has 7 heteroatoms. The number of aromatic nitrogens is 4. The van der Waals surface area contributed by atoms with Gasteiger partial charge in [-0.15, -0.1) is 0 Å². The van der Waals surface area contributed by atoms with Gasteiger partial charge in [-0.3, -0.25) is 0 Å². The molecule has 1 heterocycles. The number of nitriles is 1. The van der Waals surface area contributed by atoms with Crippen LogP contribution in [0.1, 0.15) is 5.56 Å². The van der Waals surface area contributed by atoms with Gasteiger partial charge in [0.05, 0.1) is 23.9 Å². The van der Waals surface area contributed by atoms with Crippen LogP contribution in [-0.2, 0) is 6.54 Å². The van der Waals surface area contributed by atoms with Gasteiger partial charge in [0.15, 0.2) is 0 Å². The van der Waals surface area contributed by atoms with Gasteiger partial charge in [-0.2, -0.15) is 14.6 Å². The smallest absolute Gasteiger partial charge is 0.368 e. The quantitative estimate of drug-likeness (QED) is 0.711. The predicted molar refractivity (Wildman–Crippen MR) is 82.3 cm³/mol. The van der Waals surface area contributed by atoms with Crippen LogP contribution in [-0.4, -0.2) is 26.4 Å². The van der Waals surface area contributed by atoms with Crippen LogP contribution in [0.5, 0.6) is 5.75 Å². The molecule has 114 valence electrons. The lowest BCUT2D eigenvalue weighted by Gasteiger charge is -2.05. The maximum atomic E-state index is 12.2. The third-order valence-electron chi connectivity index (χ3n) is 3.20. The van der Waals surface area contributed by atoms with Crippen LogP contribution in [0.15, 0.2) is 59.4 Å². The zero-order valence-corrected chi connectivity index (χ0v) is 12.2. The van der Waals surface area contributed by atoms with Gasteiger partial charge in [0, 0.05) is 0 Å². The van der Waals surface area contributed by atoms with Crippen LogP contribution >= 0.6 is 0 Å². The van der Waals surface area contributed by atoms with E-state index in [2.05, 4.69) is 10.4 Å². The minimum Gasteiger partial charge on any atom is -0.492 e. The summed E-state index contributed by atoms with van der Waals surface area (Å²) in [5.41, 5.74) is 0.913. The monoisotopic (exact) mass is 307 g/mol. The van der Waals surface area contributed by atoms with E-state index in [1.807, 2.05) is 24.3 Å². The lowest BCUT2D eigenvalue weighted by Crippen LogP contribution is -2.26. The Kier molecular flexibility index (Phi) is 4.16. The van der Waals surface area contributed by atoms with Crippen molar-refractivity contribution < 1.29 is 4.74 Å². The molecule has 2 aromatic carbocycles. The molecule has 7 nitrogen and oxygen atoms in total. The number of tetrazole rings is 1. The normalized spacial score (nSPS) is 10.2. The minimum absolute atomic E-state index is 0.277. The van der Waals surface area contributed by atoms with Gasteiger partial charge in [0.2, 0.25) is 0 Å². The van der Waals surface area contributed by atoms with Crippen molar-refractivity contribution in [2.45, 2.75) is 6.54 Å². The Balaban J connectivity index is 1.64. The number of rotatable bonds is 5. The van der Waals surface area contributed by atoms with Crippen molar-refractivity contribution in [2.75, 3.05) is 6.61 Å². The van der Waals surface area contributed by atoms with Gasteiger partial charge in [0.25, 0.3) is 0 Å². The maximum Gasteiger partial charge on any atom is 0.368 e. The van der Waals surface area contributed by atoms with Gasteiger partial charge >= 0.3 is 5.69 Å². The number of para-hydroxylation sites is 1. The van der Waals surface area contributed by atoms with Crippen molar-refractivity contribution in [3.05, 3.63) is 70.6 Å². The van der Waals surface area contributed by atoms with Crippen molar-refractivity contribution >= 4 is 0 Å². The molecule has 0 unspecified atom stereocenters. The van der Waals surface area contributed by atoms with Crippen molar-refractivity contribution in [2.24, 2.45) is 0 Å². The SMILES string of the molecule is N#Cc1ccc(OCCn2nnn(-c3ccccc3)c2=O)cc1. The van der Waals surface area contributed by atoms with Crippen LogP contribution in [0, 0.1) is 11.3 Å². The van der Waals surface area contributed by atoms with Gasteiger partial charge in [-0.25, -0.2) is 4.79 Å². The number of hydrogen-bond donors (Lipinski definition) is 0. The third kappa shape index (κ3) is 3.27. The molecule has 1 aromatic heterocycles. The third-order valence-corrected chi connectivity index (χ3v) is 3.20. The summed E-state index contributed by atoms with van der Waals surface area (Å²) >= 11 is 0. The van der Waals surface area contributed by atoms with Crippen LogP contribution in [0.3, 0.4) is 0 Å². The van der Waals surface area contributed by atoms with Crippen molar-refractivity contribution in [3.8, 4) is 17.5 Å². The second-order valence-electron chi connectivity index (χ2n) is 4.72. The highest BCUT2D eigenvalue weighted by atomic mass is 16.5. The van der Waals surface area contributed by atoms with Crippen molar-refractivity contribution in [1.82, 2.24) is 19.8 Å². The summed E-state index contributed by atoms with van der Waals surface area (Å²) in [7, 11) is 0. The lowest BCUT2D eigenvalue weighted by atomic mass is 10.2. The van der Waals surface area contributed by atoms with E-state index in [0.717, 1.165) is 0 Å². The fourth-order valence-corrected chi connectivity index (χ4v) is 2.02. The summed E-state index contributed by atoms with van der Waals surface area (Å²) in [4.78, 5) is 12.2. The molecular weight excluding hydrogens is 294 g/mol. The van der Waals surface area contributed by atoms with Crippen LogP contribution in [0.2, 0.25) is 0 Å². The fraction of sp³-hybridized carbons (Fsp3) is 0.125. The summed E-state index contributed by atoms with van der Waals surface area (Å²) in [6.07, 6.45) is 0. The van der Waals surface area contributed by atoms with Gasteiger partial charge < -0.3 is 4.74 Å². The molecule has 0 fully saturated rings. The molecule has 0 aliphatic rings. The van der Waals surface area contributed by atoms with E-state index in [0.29, 0.717) is 17.0 Å². The molecule has 3 aromatic rings. The van der Waals surface area contributed by atoms with Gasteiger partial charge in [-0.05, 0) is 46.8 Å². The molecule has 0 amide bonds. The standard InChI is InChI=1S/C16H13N5O2/c17-12-13-6-8-15(9-7-13)23-11-10-20-16(22)21(19-18-20)14-4-2-1-3-5-14/h1-9H,10-11H2. The molecule has 0 aliphatic carbocycles. The number of benzene rings is 2. The molecule has 0 saturated heterocycles. The van der Waals surface area contributed by atoms with E-state index in [-0.39, 0.29) is 18.8 Å². The average Bonchev–Trinajstić information content (AvgIpc) is 2.97. The largest absolute Gasteiger partial charge is 0.492 e. The second-order valence-corrected chi connectivity index (χ2v) is 4.72. The number of nitrogens with zero attached hydrogens (tertiary/aromatic N) is 5. The Morgan fingerprint density at radius 3 is 2.48 bits per heavy atom. The number of ether oxygens (including phenoxy) is 1. The highest BCUT2D eigenvalue weighted by molar-refractivity contribution is 5.34. The van der Waals surface area contributed by atoms with Gasteiger partial charge in [-0.1, -0.05) is 18.2 Å². The zero-order chi connectivity index (χ0) is 16.1. The zero-order valence-electron chi connectivity index (χ0n) is 12.2. The van der Waals surface area contributed by atoms with Gasteiger partial charge in [0.1, 0.15) is 12.4 Å². The topological polar surface area (TPSA) is 85.7 Å². The predicted octanol–water partition coefficient (Wildman–Crippen LogP) is 1.38. The summed E-state index contributed by atoms with van der Waals surface area (Å²) < 4.78 is 8.02. The van der Waals surface area contributed by atoms with Crippen LogP contribution in [0.25, 0.3) is 5.69 Å². The highest BCUT2D eigenvalue weighted by Crippen LogP contribution is 2.11. The molecule has 0 aliphatic heterocycles. The second kappa shape index (κ2) is 6.58. The molecular formula is C16H13N5O2. The Morgan fingerprint density at radius 1 is 1.04 bits per heavy atom. The highest BCUT2D eigenvalue weighted by Gasteiger charge is 2.08. The maximum absolute atomic E-state index is 12.2. The molecule has 0 spiro atoms. The molecule has 3 rings (SSSR count). The molecule has 23 heavy (non-hydrogen) atoms. The molecule has 0 saturated carbocycles. The van der Waals surface area contributed by atoms with E-state index >= 15 is 0 Å². The minimum atomic E-state index is -0.320. The Bertz CT molecular complexity index is 875. The summed E-state index contributed by atoms with van der Waals surface area (Å²) in [5.74, 6) is 0.632. The first kappa shape index (κ1) is 14.5. The van der Waals surface area contributed by atoms with E-state index in [1.54, 1.807) is 36.4 Å². The van der Waals surface area contributed by atoms with E-state index in [4.69, 9.17) is 10.00 Å². The average molecular weight is 307 g/mol. The first-order chi connectivity index (χ1) is 11.3. The van der Waals surface area contributed by atoms with E-state index in [1.165, 1.54) is 9.36 Å². The first-order valence-corrected chi connectivity index (χ1v) is 6.99. The summed E-state index contributed by atoms with van der Waals surface area (Å²) in [6, 6.07) is 17.9. The van der Waals surface area contributed by atoms with E-state index in [9.17, 15) is 4.79 Å². The molecule has 0 radical (unpaired) electrons. The van der Waals surface area contributed by atoms with E-state index < -0.39 is 0 Å². The van der Waals surface area contributed by atoms with Crippen LogP contribution < -0.4 is 10.4 Å². The number of hydrogen-bond acceptors (Lipinski definition) is 5. The summed E-state index contributed by atoms with van der Waals surface area (Å²) in [5, 5.41) is 16.4. The fourth-order valence-electron chi connectivity index (χ4n) is 2.02. The Morgan fingerprint density at radius 2 is 1.78 bits per heavy atom. The molecule has 0 bridgehead atoms. The molecule has 0 N–H and O–H groups in total. The van der Waals surface area contributed by atoms with Crippen molar-refractivity contribution in [3.63, 3.8) is 0 Å². The Labute approximate surface area is 132 Å².